The van der Waals surface area contributed by atoms with Gasteiger partial charge in [-0.2, -0.15) is 0 Å². The van der Waals surface area contributed by atoms with Crippen LogP contribution >= 0.6 is 12.2 Å². The lowest BCUT2D eigenvalue weighted by molar-refractivity contribution is 0.601. The van der Waals surface area contributed by atoms with E-state index in [9.17, 15) is 8.42 Å². The first-order chi connectivity index (χ1) is 13.7. The molecule has 0 fully saturated rings. The van der Waals surface area contributed by atoms with Gasteiger partial charge in [-0.15, -0.1) is 0 Å². The first-order valence-corrected chi connectivity index (χ1v) is 11.0. The zero-order valence-corrected chi connectivity index (χ0v) is 18.1. The zero-order valence-electron chi connectivity index (χ0n) is 16.5. The summed E-state index contributed by atoms with van der Waals surface area (Å²) in [4.78, 5) is 0.180. The fourth-order valence-corrected chi connectivity index (χ4v) is 4.09. The lowest BCUT2D eigenvalue weighted by atomic mass is 10.1. The van der Waals surface area contributed by atoms with Crippen molar-refractivity contribution in [2.24, 2.45) is 0 Å². The van der Waals surface area contributed by atoms with Gasteiger partial charge in [0.2, 0.25) is 0 Å². The topological polar surface area (TPSA) is 70.2 Å². The van der Waals surface area contributed by atoms with Crippen LogP contribution in [0.5, 0.6) is 0 Å². The van der Waals surface area contributed by atoms with Crippen molar-refractivity contribution in [3.05, 3.63) is 83.4 Å². The number of thiocarbonyl (C=S) groups is 1. The third-order valence-corrected chi connectivity index (χ3v) is 6.16. The summed E-state index contributed by atoms with van der Waals surface area (Å²) in [7, 11) is -3.66. The Morgan fingerprint density at radius 3 is 2.03 bits per heavy atom. The van der Waals surface area contributed by atoms with Crippen LogP contribution in [0.25, 0.3) is 0 Å². The summed E-state index contributed by atoms with van der Waals surface area (Å²) in [6, 6.07) is 19.7. The van der Waals surface area contributed by atoms with Crippen molar-refractivity contribution in [2.75, 3.05) is 15.4 Å². The number of hydrogen-bond donors (Lipinski definition) is 3. The van der Waals surface area contributed by atoms with Gasteiger partial charge in [0, 0.05) is 11.4 Å². The highest BCUT2D eigenvalue weighted by Crippen LogP contribution is 2.21. The Kier molecular flexibility index (Phi) is 6.20. The van der Waals surface area contributed by atoms with Crippen molar-refractivity contribution in [3.8, 4) is 0 Å². The summed E-state index contributed by atoms with van der Waals surface area (Å²) in [6.07, 6.45) is 0. The van der Waals surface area contributed by atoms with Crippen molar-refractivity contribution in [2.45, 2.75) is 25.7 Å². The van der Waals surface area contributed by atoms with E-state index in [0.717, 1.165) is 11.3 Å². The Bertz CT molecular complexity index is 1140. The van der Waals surface area contributed by atoms with Crippen LogP contribution in [0.2, 0.25) is 0 Å². The molecule has 0 atom stereocenters. The van der Waals surface area contributed by atoms with E-state index < -0.39 is 10.0 Å². The third kappa shape index (κ3) is 5.34. The van der Waals surface area contributed by atoms with Gasteiger partial charge in [-0.25, -0.2) is 8.42 Å². The molecule has 3 N–H and O–H groups in total. The summed E-state index contributed by atoms with van der Waals surface area (Å²) in [5, 5.41) is 6.63. The number of nitrogens with one attached hydrogen (secondary N) is 3. The van der Waals surface area contributed by atoms with Crippen LogP contribution in [0.3, 0.4) is 0 Å². The molecule has 3 aromatic rings. The smallest absolute Gasteiger partial charge is 0.261 e. The van der Waals surface area contributed by atoms with E-state index in [2.05, 4.69) is 22.3 Å². The van der Waals surface area contributed by atoms with Crippen molar-refractivity contribution >= 4 is 44.4 Å². The second-order valence-electron chi connectivity index (χ2n) is 6.82. The molecule has 0 amide bonds. The van der Waals surface area contributed by atoms with Crippen molar-refractivity contribution in [3.63, 3.8) is 0 Å². The lowest BCUT2D eigenvalue weighted by Gasteiger charge is -2.13. The van der Waals surface area contributed by atoms with Crippen LogP contribution in [-0.4, -0.2) is 13.5 Å². The van der Waals surface area contributed by atoms with Crippen LogP contribution < -0.4 is 15.4 Å². The SMILES string of the molecule is Cc1ccc(NC(=S)Nc2ccc(S(=O)(=O)Nc3ccccc3C)cc2)cc1C. The Morgan fingerprint density at radius 2 is 1.38 bits per heavy atom. The van der Waals surface area contributed by atoms with Gasteiger partial charge in [-0.3, -0.25) is 4.72 Å². The number of rotatable bonds is 5. The molecule has 0 radical (unpaired) electrons. The molecule has 0 aliphatic heterocycles. The first-order valence-electron chi connectivity index (χ1n) is 9.08. The molecule has 3 rings (SSSR count). The van der Waals surface area contributed by atoms with Crippen LogP contribution in [0.15, 0.2) is 71.6 Å². The molecule has 0 bridgehead atoms. The number of aryl methyl sites for hydroxylation is 3. The Hall–Kier alpha value is -2.90. The van der Waals surface area contributed by atoms with Gasteiger partial charge in [0.1, 0.15) is 0 Å². The van der Waals surface area contributed by atoms with E-state index in [1.807, 2.05) is 44.2 Å². The zero-order chi connectivity index (χ0) is 21.0. The van der Waals surface area contributed by atoms with Crippen molar-refractivity contribution in [1.82, 2.24) is 0 Å². The highest BCUT2D eigenvalue weighted by Gasteiger charge is 2.15. The minimum Gasteiger partial charge on any atom is -0.332 e. The van der Waals surface area contributed by atoms with E-state index in [-0.39, 0.29) is 4.90 Å². The molecule has 0 spiro atoms. The average Bonchev–Trinajstić information content (AvgIpc) is 2.67. The van der Waals surface area contributed by atoms with E-state index >= 15 is 0 Å². The summed E-state index contributed by atoms with van der Waals surface area (Å²) in [5.74, 6) is 0. The molecule has 0 saturated heterocycles. The quantitative estimate of drug-likeness (QED) is 0.489. The monoisotopic (exact) mass is 425 g/mol. The summed E-state index contributed by atoms with van der Waals surface area (Å²) in [5.41, 5.74) is 5.40. The van der Waals surface area contributed by atoms with Gasteiger partial charge in [0.25, 0.3) is 10.0 Å². The standard InChI is InChI=1S/C22H23N3O2S2/c1-15-8-9-19(14-17(15)3)24-22(28)23-18-10-12-20(13-11-18)29(26,27)25-21-7-5-4-6-16(21)2/h4-14,25H,1-3H3,(H2,23,24,28). The maximum Gasteiger partial charge on any atom is 0.261 e. The number of para-hydroxylation sites is 1. The van der Waals surface area contributed by atoms with Crippen molar-refractivity contribution in [1.29, 1.82) is 0 Å². The molecule has 0 aliphatic carbocycles. The normalized spacial score (nSPS) is 11.0. The summed E-state index contributed by atoms with van der Waals surface area (Å²) >= 11 is 5.35. The molecule has 29 heavy (non-hydrogen) atoms. The Labute approximate surface area is 177 Å². The molecular formula is C22H23N3O2S2. The molecule has 0 aromatic heterocycles. The molecule has 0 heterocycles. The molecule has 0 aliphatic rings. The molecule has 3 aromatic carbocycles. The minimum atomic E-state index is -3.66. The van der Waals surface area contributed by atoms with Crippen LogP contribution in [0, 0.1) is 20.8 Å². The van der Waals surface area contributed by atoms with Crippen LogP contribution in [0.1, 0.15) is 16.7 Å². The number of hydrogen-bond acceptors (Lipinski definition) is 3. The average molecular weight is 426 g/mol. The predicted octanol–water partition coefficient (Wildman–Crippen LogP) is 5.22. The van der Waals surface area contributed by atoms with Crippen molar-refractivity contribution < 1.29 is 8.42 Å². The molecule has 150 valence electrons. The first kappa shape index (κ1) is 20.8. The van der Waals surface area contributed by atoms with Gasteiger partial charge in [-0.05, 0) is 92.1 Å². The molecule has 7 heteroatoms. The fourth-order valence-electron chi connectivity index (χ4n) is 2.72. The highest BCUT2D eigenvalue weighted by atomic mass is 32.2. The Morgan fingerprint density at radius 1 is 0.759 bits per heavy atom. The largest absolute Gasteiger partial charge is 0.332 e. The maximum absolute atomic E-state index is 12.6. The fraction of sp³-hybridized carbons (Fsp3) is 0.136. The predicted molar refractivity (Wildman–Crippen MR) is 124 cm³/mol. The minimum absolute atomic E-state index is 0.180. The summed E-state index contributed by atoms with van der Waals surface area (Å²) < 4.78 is 27.9. The van der Waals surface area contributed by atoms with Gasteiger partial charge in [-0.1, -0.05) is 24.3 Å². The molecule has 5 nitrogen and oxygen atoms in total. The number of benzene rings is 3. The summed E-state index contributed by atoms with van der Waals surface area (Å²) in [6.45, 7) is 5.95. The van der Waals surface area contributed by atoms with E-state index in [4.69, 9.17) is 12.2 Å². The maximum atomic E-state index is 12.6. The molecule has 0 unspecified atom stereocenters. The van der Waals surface area contributed by atoms with Gasteiger partial charge in [0.05, 0.1) is 10.6 Å². The molecule has 0 saturated carbocycles. The third-order valence-electron chi connectivity index (χ3n) is 4.58. The second kappa shape index (κ2) is 8.63. The lowest BCUT2D eigenvalue weighted by Crippen LogP contribution is -2.19. The Balaban J connectivity index is 1.67. The van der Waals surface area contributed by atoms with Gasteiger partial charge >= 0.3 is 0 Å². The van der Waals surface area contributed by atoms with Crippen LogP contribution in [0.4, 0.5) is 17.1 Å². The second-order valence-corrected chi connectivity index (χ2v) is 8.91. The number of sulfonamides is 1. The van der Waals surface area contributed by atoms with E-state index in [0.29, 0.717) is 16.5 Å². The van der Waals surface area contributed by atoms with Gasteiger partial charge < -0.3 is 10.6 Å². The molecular weight excluding hydrogens is 402 g/mol. The highest BCUT2D eigenvalue weighted by molar-refractivity contribution is 7.92. The van der Waals surface area contributed by atoms with Crippen LogP contribution in [-0.2, 0) is 10.0 Å². The van der Waals surface area contributed by atoms with E-state index in [1.165, 1.54) is 11.1 Å². The van der Waals surface area contributed by atoms with E-state index in [1.54, 1.807) is 36.4 Å². The van der Waals surface area contributed by atoms with Gasteiger partial charge in [0.15, 0.2) is 5.11 Å². The number of anilines is 3.